The Labute approximate surface area is 101 Å². The van der Waals surface area contributed by atoms with Gasteiger partial charge in [0.25, 0.3) is 0 Å². The molecule has 0 bridgehead atoms. The molecule has 17 heavy (non-hydrogen) atoms. The summed E-state index contributed by atoms with van der Waals surface area (Å²) in [5, 5.41) is 9.11. The van der Waals surface area contributed by atoms with E-state index in [-0.39, 0.29) is 6.61 Å². The zero-order valence-corrected chi connectivity index (χ0v) is 9.74. The van der Waals surface area contributed by atoms with Gasteiger partial charge in [0, 0.05) is 12.1 Å². The van der Waals surface area contributed by atoms with Crippen molar-refractivity contribution in [1.82, 2.24) is 0 Å². The first-order valence-electron chi connectivity index (χ1n) is 5.42. The van der Waals surface area contributed by atoms with Crippen molar-refractivity contribution in [3.05, 3.63) is 48.0 Å². The third-order valence-corrected chi connectivity index (χ3v) is 2.24. The summed E-state index contributed by atoms with van der Waals surface area (Å²) in [6.07, 6.45) is 1.98. The van der Waals surface area contributed by atoms with Crippen LogP contribution in [0, 0.1) is 0 Å². The zero-order chi connectivity index (χ0) is 12.7. The third kappa shape index (κ3) is 5.29. The van der Waals surface area contributed by atoms with Gasteiger partial charge >= 0.3 is 5.97 Å². The summed E-state index contributed by atoms with van der Waals surface area (Å²) in [4.78, 5) is 11.3. The van der Waals surface area contributed by atoms with Gasteiger partial charge in [-0.05, 0) is 12.5 Å². The van der Waals surface area contributed by atoms with Gasteiger partial charge in [0.1, 0.15) is 6.61 Å². The Morgan fingerprint density at radius 3 is 2.71 bits per heavy atom. The molecule has 92 valence electrons. The molecule has 2 unspecified atom stereocenters. The van der Waals surface area contributed by atoms with E-state index in [1.54, 1.807) is 6.92 Å². The van der Waals surface area contributed by atoms with E-state index in [1.165, 1.54) is 12.2 Å². The fraction of sp³-hybridized carbons (Fsp3) is 0.308. The fourth-order valence-corrected chi connectivity index (χ4v) is 1.13. The predicted molar refractivity (Wildman–Crippen MR) is 65.0 cm³/mol. The molecule has 0 heterocycles. The minimum atomic E-state index is -0.687. The molecule has 0 fully saturated rings. The van der Waals surface area contributed by atoms with Crippen molar-refractivity contribution in [2.75, 3.05) is 0 Å². The van der Waals surface area contributed by atoms with Crippen LogP contribution in [0.2, 0.25) is 0 Å². The average molecular weight is 235 g/mol. The molecule has 0 aromatic heterocycles. The van der Waals surface area contributed by atoms with Gasteiger partial charge in [-0.3, -0.25) is 0 Å². The summed E-state index contributed by atoms with van der Waals surface area (Å²) in [5.74, 6) is -0.468. The topological polar surface area (TPSA) is 72.5 Å². The first kappa shape index (κ1) is 13.4. The molecule has 0 aliphatic heterocycles. The molecule has 1 aromatic rings. The smallest absolute Gasteiger partial charge is 0.330 e. The van der Waals surface area contributed by atoms with Gasteiger partial charge in [0.05, 0.1) is 6.10 Å². The number of esters is 1. The third-order valence-electron chi connectivity index (χ3n) is 2.24. The van der Waals surface area contributed by atoms with Crippen LogP contribution >= 0.6 is 0 Å². The predicted octanol–water partition coefficient (Wildman–Crippen LogP) is 0.994. The van der Waals surface area contributed by atoms with Crippen molar-refractivity contribution < 1.29 is 14.6 Å². The van der Waals surface area contributed by atoms with Gasteiger partial charge < -0.3 is 15.6 Å². The number of carbonyl (C=O) groups is 1. The Bertz CT molecular complexity index is 374. The van der Waals surface area contributed by atoms with Crippen LogP contribution in [0.15, 0.2) is 42.5 Å². The van der Waals surface area contributed by atoms with E-state index in [9.17, 15) is 4.79 Å². The van der Waals surface area contributed by atoms with Crippen molar-refractivity contribution in [3.63, 3.8) is 0 Å². The van der Waals surface area contributed by atoms with E-state index in [2.05, 4.69) is 0 Å². The Morgan fingerprint density at radius 1 is 1.47 bits per heavy atom. The first-order chi connectivity index (χ1) is 8.09. The number of aliphatic hydroxyl groups excluding tert-OH is 1. The van der Waals surface area contributed by atoms with Crippen LogP contribution in [0.25, 0.3) is 0 Å². The number of benzene rings is 1. The summed E-state index contributed by atoms with van der Waals surface area (Å²) in [5.41, 5.74) is 6.45. The summed E-state index contributed by atoms with van der Waals surface area (Å²) in [6.45, 7) is 1.79. The molecule has 0 spiro atoms. The van der Waals surface area contributed by atoms with Crippen LogP contribution in [0.5, 0.6) is 0 Å². The highest BCUT2D eigenvalue weighted by Gasteiger charge is 2.05. The standard InChI is InChI=1S/C13H17NO3/c1-10(15)12(14)7-8-13(16)17-9-11-5-3-2-4-6-11/h2-8,10,12,15H,9,14H2,1H3/b8-7+. The average Bonchev–Trinajstić information content (AvgIpc) is 2.34. The molecule has 4 heteroatoms. The van der Waals surface area contributed by atoms with Gasteiger partial charge in [-0.15, -0.1) is 0 Å². The second kappa shape index (κ2) is 6.83. The lowest BCUT2D eigenvalue weighted by atomic mass is 10.2. The van der Waals surface area contributed by atoms with Gasteiger partial charge in [0.2, 0.25) is 0 Å². The van der Waals surface area contributed by atoms with Crippen LogP contribution in [-0.4, -0.2) is 23.2 Å². The summed E-state index contributed by atoms with van der Waals surface area (Å²) in [7, 11) is 0. The second-order valence-electron chi connectivity index (χ2n) is 3.77. The summed E-state index contributed by atoms with van der Waals surface area (Å²) < 4.78 is 5.00. The Hall–Kier alpha value is -1.65. The van der Waals surface area contributed by atoms with Gasteiger partial charge in [-0.2, -0.15) is 0 Å². The number of hydrogen-bond donors (Lipinski definition) is 2. The Morgan fingerprint density at radius 2 is 2.12 bits per heavy atom. The van der Waals surface area contributed by atoms with Gasteiger partial charge in [0.15, 0.2) is 0 Å². The lowest BCUT2D eigenvalue weighted by molar-refractivity contribution is -0.139. The monoisotopic (exact) mass is 235 g/mol. The normalized spacial score (nSPS) is 14.5. The molecule has 1 aromatic carbocycles. The zero-order valence-electron chi connectivity index (χ0n) is 9.74. The van der Waals surface area contributed by atoms with Crippen molar-refractivity contribution in [1.29, 1.82) is 0 Å². The lowest BCUT2D eigenvalue weighted by Gasteiger charge is -2.08. The Kier molecular flexibility index (Phi) is 5.39. The first-order valence-corrected chi connectivity index (χ1v) is 5.42. The molecule has 2 atom stereocenters. The molecule has 1 rings (SSSR count). The van der Waals surface area contributed by atoms with Crippen LogP contribution < -0.4 is 5.73 Å². The van der Waals surface area contributed by atoms with Crippen LogP contribution in [0.3, 0.4) is 0 Å². The largest absolute Gasteiger partial charge is 0.458 e. The number of rotatable bonds is 5. The number of aliphatic hydroxyl groups is 1. The molecule has 0 amide bonds. The number of nitrogens with two attached hydrogens (primary N) is 1. The van der Waals surface area contributed by atoms with E-state index < -0.39 is 18.1 Å². The minimum Gasteiger partial charge on any atom is -0.458 e. The molecule has 0 saturated heterocycles. The highest BCUT2D eigenvalue weighted by molar-refractivity contribution is 5.82. The molecule has 0 radical (unpaired) electrons. The van der Waals surface area contributed by atoms with E-state index in [4.69, 9.17) is 15.6 Å². The van der Waals surface area contributed by atoms with Crippen molar-refractivity contribution in [2.24, 2.45) is 5.73 Å². The SMILES string of the molecule is CC(O)C(N)/C=C/C(=O)OCc1ccccc1. The van der Waals surface area contributed by atoms with E-state index >= 15 is 0 Å². The maximum absolute atomic E-state index is 11.3. The highest BCUT2D eigenvalue weighted by Crippen LogP contribution is 2.01. The summed E-state index contributed by atoms with van der Waals surface area (Å²) in [6, 6.07) is 8.84. The minimum absolute atomic E-state index is 0.230. The fourth-order valence-electron chi connectivity index (χ4n) is 1.13. The molecule has 0 saturated carbocycles. The van der Waals surface area contributed by atoms with E-state index in [0.29, 0.717) is 0 Å². The number of hydrogen-bond acceptors (Lipinski definition) is 4. The second-order valence-corrected chi connectivity index (χ2v) is 3.77. The Balaban J connectivity index is 2.36. The molecule has 0 aliphatic rings. The van der Waals surface area contributed by atoms with E-state index in [1.807, 2.05) is 30.3 Å². The quantitative estimate of drug-likeness (QED) is 0.589. The van der Waals surface area contributed by atoms with Crippen molar-refractivity contribution in [3.8, 4) is 0 Å². The van der Waals surface area contributed by atoms with Crippen molar-refractivity contribution in [2.45, 2.75) is 25.7 Å². The van der Waals surface area contributed by atoms with Crippen LogP contribution in [-0.2, 0) is 16.1 Å². The molecule has 0 aliphatic carbocycles. The summed E-state index contributed by atoms with van der Waals surface area (Å²) >= 11 is 0. The van der Waals surface area contributed by atoms with Gasteiger partial charge in [-0.25, -0.2) is 4.79 Å². The van der Waals surface area contributed by atoms with Crippen molar-refractivity contribution >= 4 is 5.97 Å². The van der Waals surface area contributed by atoms with Crippen LogP contribution in [0.4, 0.5) is 0 Å². The maximum atomic E-state index is 11.3. The highest BCUT2D eigenvalue weighted by atomic mass is 16.5. The lowest BCUT2D eigenvalue weighted by Crippen LogP contribution is -2.30. The molecule has 4 nitrogen and oxygen atoms in total. The van der Waals surface area contributed by atoms with Crippen LogP contribution in [0.1, 0.15) is 12.5 Å². The molecular weight excluding hydrogens is 218 g/mol. The number of carbonyl (C=O) groups excluding carboxylic acids is 1. The molecular formula is C13H17NO3. The maximum Gasteiger partial charge on any atom is 0.330 e. The molecule has 3 N–H and O–H groups in total. The van der Waals surface area contributed by atoms with Gasteiger partial charge in [-0.1, -0.05) is 36.4 Å². The number of ether oxygens (including phenoxy) is 1. The van der Waals surface area contributed by atoms with E-state index in [0.717, 1.165) is 5.56 Å².